The van der Waals surface area contributed by atoms with Crippen LogP contribution in [0.15, 0.2) is 71.9 Å². The number of hydrogen-bond acceptors (Lipinski definition) is 8. The Hall–Kier alpha value is -4.38. The van der Waals surface area contributed by atoms with Crippen molar-refractivity contribution < 1.29 is 22.7 Å². The number of hydrogen-bond donors (Lipinski definition) is 2. The van der Waals surface area contributed by atoms with Crippen molar-refractivity contribution >= 4 is 44.3 Å². The molecule has 10 nitrogen and oxygen atoms in total. The van der Waals surface area contributed by atoms with E-state index in [2.05, 4.69) is 25.0 Å². The van der Waals surface area contributed by atoms with Crippen LogP contribution in [0.25, 0.3) is 22.3 Å². The number of benzene rings is 1. The van der Waals surface area contributed by atoms with Crippen LogP contribution >= 0.6 is 0 Å². The quantitative estimate of drug-likeness (QED) is 0.273. The molecule has 1 aromatic carbocycles. The van der Waals surface area contributed by atoms with Gasteiger partial charge in [-0.25, -0.2) is 13.4 Å². The number of carbonyl (C=O) groups is 2. The molecule has 0 bridgehead atoms. The summed E-state index contributed by atoms with van der Waals surface area (Å²) in [6.07, 6.45) is 2.77. The molecular formula is C25H23N5O5S. The smallest absolute Gasteiger partial charge is 0.315 e. The molecule has 0 fully saturated rings. The van der Waals surface area contributed by atoms with Gasteiger partial charge in [-0.05, 0) is 61.9 Å². The molecule has 0 aliphatic rings. The van der Waals surface area contributed by atoms with Crippen molar-refractivity contribution in [3.63, 3.8) is 0 Å². The van der Waals surface area contributed by atoms with Gasteiger partial charge in [0, 0.05) is 23.5 Å². The lowest BCUT2D eigenvalue weighted by Crippen LogP contribution is -2.18. The summed E-state index contributed by atoms with van der Waals surface area (Å²) in [4.78, 5) is 36.6. The van der Waals surface area contributed by atoms with E-state index in [0.717, 1.165) is 5.56 Å². The summed E-state index contributed by atoms with van der Waals surface area (Å²) in [7, 11) is -4.05. The van der Waals surface area contributed by atoms with Crippen LogP contribution in [0.4, 0.5) is 11.5 Å². The number of carbonyl (C=O) groups excluding carboxylic acids is 2. The van der Waals surface area contributed by atoms with Gasteiger partial charge in [0.05, 0.1) is 22.9 Å². The van der Waals surface area contributed by atoms with Crippen molar-refractivity contribution in [2.24, 2.45) is 0 Å². The maximum atomic E-state index is 13.2. The highest BCUT2D eigenvalue weighted by Gasteiger charge is 2.19. The second-order valence-electron chi connectivity index (χ2n) is 7.76. The van der Waals surface area contributed by atoms with Crippen molar-refractivity contribution in [1.82, 2.24) is 15.0 Å². The Balaban J connectivity index is 1.60. The molecule has 0 radical (unpaired) electrons. The van der Waals surface area contributed by atoms with E-state index < -0.39 is 28.3 Å². The Morgan fingerprint density at radius 2 is 1.72 bits per heavy atom. The third kappa shape index (κ3) is 5.63. The largest absolute Gasteiger partial charge is 0.466 e. The fourth-order valence-corrected chi connectivity index (χ4v) is 4.49. The van der Waals surface area contributed by atoms with Crippen molar-refractivity contribution in [3.05, 3.63) is 72.6 Å². The molecule has 2 N–H and O–H groups in total. The van der Waals surface area contributed by atoms with Crippen LogP contribution in [0, 0.1) is 6.92 Å². The molecule has 0 spiro atoms. The summed E-state index contributed by atoms with van der Waals surface area (Å²) in [5.74, 6) is -1.14. The molecule has 4 rings (SSSR count). The van der Waals surface area contributed by atoms with E-state index >= 15 is 0 Å². The summed E-state index contributed by atoms with van der Waals surface area (Å²) in [6, 6.07) is 14.6. The Bertz CT molecular complexity index is 1540. The van der Waals surface area contributed by atoms with Gasteiger partial charge in [-0.15, -0.1) is 0 Å². The Kier molecular flexibility index (Phi) is 7.20. The van der Waals surface area contributed by atoms with E-state index in [9.17, 15) is 18.0 Å². The highest BCUT2D eigenvalue weighted by Crippen LogP contribution is 2.28. The predicted molar refractivity (Wildman–Crippen MR) is 135 cm³/mol. The number of aromatic nitrogens is 3. The molecule has 36 heavy (non-hydrogen) atoms. The molecule has 0 saturated carbocycles. The van der Waals surface area contributed by atoms with Crippen LogP contribution in [-0.4, -0.2) is 41.9 Å². The van der Waals surface area contributed by atoms with Crippen LogP contribution in [0.3, 0.4) is 0 Å². The molecular weight excluding hydrogens is 482 g/mol. The summed E-state index contributed by atoms with van der Waals surface area (Å²) in [6.45, 7) is 3.72. The van der Waals surface area contributed by atoms with Gasteiger partial charge in [-0.1, -0.05) is 12.1 Å². The number of anilines is 2. The second kappa shape index (κ2) is 10.5. The number of sulfonamides is 1. The van der Waals surface area contributed by atoms with E-state index in [1.165, 1.54) is 24.3 Å². The van der Waals surface area contributed by atoms with Crippen molar-refractivity contribution in [2.45, 2.75) is 25.2 Å². The minimum absolute atomic E-state index is 0.0452. The minimum Gasteiger partial charge on any atom is -0.466 e. The number of pyridine rings is 3. The van der Waals surface area contributed by atoms with Gasteiger partial charge in [-0.3, -0.25) is 24.3 Å². The molecule has 4 aromatic rings. The van der Waals surface area contributed by atoms with Gasteiger partial charge < -0.3 is 10.1 Å². The third-order valence-corrected chi connectivity index (χ3v) is 6.48. The van der Waals surface area contributed by atoms with E-state index in [1.807, 2.05) is 31.2 Å². The highest BCUT2D eigenvalue weighted by atomic mass is 32.2. The molecule has 0 atom stereocenters. The lowest BCUT2D eigenvalue weighted by Gasteiger charge is -2.13. The number of rotatable bonds is 8. The van der Waals surface area contributed by atoms with Gasteiger partial charge in [0.1, 0.15) is 11.9 Å². The van der Waals surface area contributed by atoms with Crippen molar-refractivity contribution in [3.8, 4) is 11.4 Å². The topological polar surface area (TPSA) is 140 Å². The van der Waals surface area contributed by atoms with Gasteiger partial charge >= 0.3 is 5.97 Å². The van der Waals surface area contributed by atoms with Crippen LogP contribution in [-0.2, 0) is 24.3 Å². The monoisotopic (exact) mass is 505 g/mol. The Morgan fingerprint density at radius 3 is 2.44 bits per heavy atom. The van der Waals surface area contributed by atoms with Crippen molar-refractivity contribution in [2.75, 3.05) is 16.6 Å². The standard InChI is InChI=1S/C25H23N5O5S/c1-3-35-22(32)15-21(31)28-18-8-10-19(11-9-18)36(33,34)30-25-24-17(7-5-13-27-24)14-20(29-25)23-16(2)6-4-12-26-23/h4-14H,3,15H2,1-2H3,(H,28,31)(H,29,30). The number of aryl methyl sites for hydroxylation is 1. The molecule has 184 valence electrons. The van der Waals surface area contributed by atoms with Crippen LogP contribution in [0.5, 0.6) is 0 Å². The second-order valence-corrected chi connectivity index (χ2v) is 9.44. The first-order chi connectivity index (χ1) is 17.3. The van der Waals surface area contributed by atoms with E-state index in [1.54, 1.807) is 25.4 Å². The van der Waals surface area contributed by atoms with Crippen molar-refractivity contribution in [1.29, 1.82) is 0 Å². The summed E-state index contributed by atoms with van der Waals surface area (Å²) in [5, 5.41) is 3.23. The van der Waals surface area contributed by atoms with Crippen LogP contribution in [0.1, 0.15) is 18.9 Å². The molecule has 11 heteroatoms. The maximum Gasteiger partial charge on any atom is 0.315 e. The SMILES string of the molecule is CCOC(=O)CC(=O)Nc1ccc(S(=O)(=O)Nc2nc(-c3ncccc3C)cc3cccnc23)cc1. The molecule has 0 unspecified atom stereocenters. The fourth-order valence-electron chi connectivity index (χ4n) is 3.48. The zero-order valence-corrected chi connectivity index (χ0v) is 20.4. The van der Waals surface area contributed by atoms with Crippen LogP contribution in [0.2, 0.25) is 0 Å². The predicted octanol–water partition coefficient (Wildman–Crippen LogP) is 3.69. The van der Waals surface area contributed by atoms with E-state index in [4.69, 9.17) is 4.74 Å². The lowest BCUT2D eigenvalue weighted by atomic mass is 10.1. The minimum atomic E-state index is -4.05. The molecule has 0 saturated heterocycles. The van der Waals surface area contributed by atoms with E-state index in [0.29, 0.717) is 28.0 Å². The summed E-state index contributed by atoms with van der Waals surface area (Å²) >= 11 is 0. The Morgan fingerprint density at radius 1 is 1.00 bits per heavy atom. The first-order valence-electron chi connectivity index (χ1n) is 11.0. The fraction of sp³-hybridized carbons (Fsp3) is 0.160. The lowest BCUT2D eigenvalue weighted by molar-refractivity contribution is -0.145. The van der Waals surface area contributed by atoms with Gasteiger partial charge in [0.15, 0.2) is 5.82 Å². The number of amides is 1. The third-order valence-electron chi connectivity index (χ3n) is 5.13. The summed E-state index contributed by atoms with van der Waals surface area (Å²) < 4.78 is 33.6. The zero-order chi connectivity index (χ0) is 25.7. The average Bonchev–Trinajstić information content (AvgIpc) is 2.84. The number of nitrogens with one attached hydrogen (secondary N) is 2. The molecule has 0 aliphatic carbocycles. The number of fused-ring (bicyclic) bond motifs is 1. The first-order valence-corrected chi connectivity index (χ1v) is 12.5. The number of esters is 1. The first kappa shape index (κ1) is 24.7. The number of ether oxygens (including phenoxy) is 1. The Labute approximate surface area is 207 Å². The van der Waals surface area contributed by atoms with Gasteiger partial charge in [-0.2, -0.15) is 0 Å². The highest BCUT2D eigenvalue weighted by molar-refractivity contribution is 7.92. The van der Waals surface area contributed by atoms with Crippen LogP contribution < -0.4 is 10.0 Å². The van der Waals surface area contributed by atoms with Gasteiger partial charge in [0.25, 0.3) is 10.0 Å². The van der Waals surface area contributed by atoms with E-state index in [-0.39, 0.29) is 17.3 Å². The normalized spacial score (nSPS) is 11.2. The summed E-state index contributed by atoms with van der Waals surface area (Å²) in [5.41, 5.74) is 2.75. The molecule has 1 amide bonds. The average molecular weight is 506 g/mol. The number of nitrogens with zero attached hydrogens (tertiary/aromatic N) is 3. The molecule has 3 aromatic heterocycles. The molecule has 0 aliphatic heterocycles. The zero-order valence-electron chi connectivity index (χ0n) is 19.6. The van der Waals surface area contributed by atoms with Gasteiger partial charge in [0.2, 0.25) is 5.91 Å². The maximum absolute atomic E-state index is 13.2. The molecule has 3 heterocycles.